The van der Waals surface area contributed by atoms with Crippen LogP contribution in [0.25, 0.3) is 0 Å². The van der Waals surface area contributed by atoms with Crippen LogP contribution in [0.4, 0.5) is 0 Å². The van der Waals surface area contributed by atoms with E-state index >= 15 is 0 Å². The average molecular weight is 167 g/mol. The van der Waals surface area contributed by atoms with Crippen molar-refractivity contribution in [2.45, 2.75) is 6.92 Å². The molecule has 0 amide bonds. The molecular weight excluding hydrogens is 160 g/mol. The molecule has 1 rings (SSSR count). The Kier molecular flexibility index (Phi) is 2.45. The fourth-order valence-electron chi connectivity index (χ4n) is 0.685. The van der Waals surface area contributed by atoms with Crippen molar-refractivity contribution < 1.29 is 14.3 Å². The van der Waals surface area contributed by atoms with Crippen molar-refractivity contribution in [3.63, 3.8) is 0 Å². The highest BCUT2D eigenvalue weighted by Gasteiger charge is 2.31. The van der Waals surface area contributed by atoms with Crippen LogP contribution in [-0.4, -0.2) is 35.3 Å². The minimum atomic E-state index is -0.596. The Bertz CT molecular complexity index is 312. The van der Waals surface area contributed by atoms with Gasteiger partial charge in [0.2, 0.25) is 6.34 Å². The number of aliphatic imine (C=N–C) groups is 2. The summed E-state index contributed by atoms with van der Waals surface area (Å²) in [6, 6.07) is 0. The molecule has 0 spiro atoms. The third kappa shape index (κ3) is 1.43. The molecule has 0 aromatic carbocycles. The molecule has 0 aromatic rings. The lowest BCUT2D eigenvalue weighted by Gasteiger charge is -1.94. The van der Waals surface area contributed by atoms with Crippen LogP contribution in [0.2, 0.25) is 0 Å². The maximum atomic E-state index is 11.0. The number of nitrogens with one attached hydrogen (secondary N) is 1. The molecule has 1 N–H and O–H groups in total. The molecule has 1 aliphatic heterocycles. The van der Waals surface area contributed by atoms with E-state index in [1.807, 2.05) is 0 Å². The molecule has 1 heterocycles. The van der Waals surface area contributed by atoms with E-state index in [1.54, 1.807) is 6.92 Å². The predicted molar refractivity (Wildman–Crippen MR) is 40.5 cm³/mol. The van der Waals surface area contributed by atoms with Crippen molar-refractivity contribution in [3.8, 4) is 0 Å². The van der Waals surface area contributed by atoms with Gasteiger partial charge in [-0.1, -0.05) is 4.79 Å². The summed E-state index contributed by atoms with van der Waals surface area (Å²) in [7, 11) is 0. The number of ether oxygens (including phenoxy) is 1. The lowest BCUT2D eigenvalue weighted by Crippen LogP contribution is -2.23. The zero-order valence-electron chi connectivity index (χ0n) is 6.44. The first kappa shape index (κ1) is 8.29. The number of amidine groups is 1. The van der Waals surface area contributed by atoms with E-state index in [2.05, 4.69) is 19.5 Å². The topological polar surface area (TPSA) is 89.0 Å². The molecule has 0 bridgehead atoms. The van der Waals surface area contributed by atoms with Crippen molar-refractivity contribution >= 4 is 23.9 Å². The number of hydrogen-bond acceptors (Lipinski definition) is 4. The largest absolute Gasteiger partial charge is 0.480 e. The minimum absolute atomic E-state index is 0.00606. The van der Waals surface area contributed by atoms with Crippen LogP contribution in [0, 0.1) is 5.53 Å². The summed E-state index contributed by atoms with van der Waals surface area (Å²) in [5.74, 6) is -0.602. The monoisotopic (exact) mass is 167 g/mol. The van der Waals surface area contributed by atoms with Crippen molar-refractivity contribution in [3.05, 3.63) is 0 Å². The minimum Gasteiger partial charge on any atom is -0.461 e. The summed E-state index contributed by atoms with van der Waals surface area (Å²) < 4.78 is 4.64. The average Bonchev–Trinajstić information content (AvgIpc) is 2.51. The van der Waals surface area contributed by atoms with Crippen molar-refractivity contribution in [2.24, 2.45) is 9.98 Å². The summed E-state index contributed by atoms with van der Waals surface area (Å²) in [6.07, 6.45) is 1.17. The van der Waals surface area contributed by atoms with Gasteiger partial charge >= 0.3 is 11.8 Å². The van der Waals surface area contributed by atoms with E-state index in [0.29, 0.717) is 0 Å². The van der Waals surface area contributed by atoms with Gasteiger partial charge < -0.3 is 4.74 Å². The molecule has 0 unspecified atom stereocenters. The zero-order chi connectivity index (χ0) is 8.97. The van der Waals surface area contributed by atoms with E-state index in [9.17, 15) is 4.79 Å². The van der Waals surface area contributed by atoms with Crippen LogP contribution in [0.5, 0.6) is 0 Å². The van der Waals surface area contributed by atoms with E-state index in [1.165, 1.54) is 6.34 Å². The summed E-state index contributed by atoms with van der Waals surface area (Å²) >= 11 is 0. The van der Waals surface area contributed by atoms with Gasteiger partial charge in [-0.3, -0.25) is 0 Å². The lowest BCUT2D eigenvalue weighted by molar-refractivity contribution is -0.135. The molecule has 6 nitrogen and oxygen atoms in total. The van der Waals surface area contributed by atoms with Gasteiger partial charge in [0.1, 0.15) is 0 Å². The smallest absolute Gasteiger partial charge is 0.461 e. The molecule has 0 saturated heterocycles. The highest BCUT2D eigenvalue weighted by atomic mass is 16.5. The third-order valence-corrected chi connectivity index (χ3v) is 1.15. The highest BCUT2D eigenvalue weighted by Crippen LogP contribution is 1.94. The quantitative estimate of drug-likeness (QED) is 0.346. The first-order valence-electron chi connectivity index (χ1n) is 3.31. The third-order valence-electron chi connectivity index (χ3n) is 1.15. The highest BCUT2D eigenvalue weighted by molar-refractivity contribution is 6.66. The number of rotatable bonds is 2. The molecule has 0 atom stereocenters. The van der Waals surface area contributed by atoms with Crippen LogP contribution >= 0.6 is 0 Å². The molecule has 0 aromatic heterocycles. The number of esters is 1. The maximum absolute atomic E-state index is 11.0. The second-order valence-electron chi connectivity index (χ2n) is 1.88. The first-order valence-corrected chi connectivity index (χ1v) is 3.31. The molecule has 0 saturated carbocycles. The number of hydrogen-bond donors (Lipinski definition) is 1. The van der Waals surface area contributed by atoms with Gasteiger partial charge in [-0.2, -0.15) is 4.99 Å². The van der Waals surface area contributed by atoms with Gasteiger partial charge in [0.05, 0.1) is 6.61 Å². The Balaban J connectivity index is 2.79. The van der Waals surface area contributed by atoms with Gasteiger partial charge in [-0.05, 0) is 17.4 Å². The summed E-state index contributed by atoms with van der Waals surface area (Å²) in [6.45, 7) is 1.95. The zero-order valence-corrected chi connectivity index (χ0v) is 6.44. The number of carbonyl (C=O) groups excluding carboxylic acids is 1. The molecular formula is C6H7N4O2+. The summed E-state index contributed by atoms with van der Waals surface area (Å²) in [5.41, 5.74) is 6.63. The molecule has 0 fully saturated rings. The Morgan fingerprint density at radius 2 is 2.58 bits per heavy atom. The van der Waals surface area contributed by atoms with Gasteiger partial charge in [0.25, 0.3) is 5.71 Å². The number of nitrogens with zero attached hydrogens (tertiary/aromatic N) is 3. The fraction of sp³-hybridized carbons (Fsp3) is 0.333. The second kappa shape index (κ2) is 3.54. The second-order valence-corrected chi connectivity index (χ2v) is 1.88. The van der Waals surface area contributed by atoms with Crippen LogP contribution in [0.15, 0.2) is 9.98 Å². The Morgan fingerprint density at radius 3 is 3.17 bits per heavy atom. The summed E-state index contributed by atoms with van der Waals surface area (Å²) in [5, 5.41) is 0. The van der Waals surface area contributed by atoms with E-state index < -0.39 is 5.97 Å². The van der Waals surface area contributed by atoms with Crippen LogP contribution in [0.1, 0.15) is 6.92 Å². The van der Waals surface area contributed by atoms with Gasteiger partial charge in [0, 0.05) is 0 Å². The number of carbonyl (C=O) groups is 1. The molecule has 12 heavy (non-hydrogen) atoms. The van der Waals surface area contributed by atoms with Crippen molar-refractivity contribution in [1.82, 2.24) is 0 Å². The molecule has 1 aliphatic rings. The standard InChI is InChI=1S/C6H7N4O2/c1-2-12-6(11)4-5(10-7)9-3-8-4/h3,7H,2H2,1H3/q+1. The van der Waals surface area contributed by atoms with Crippen molar-refractivity contribution in [2.75, 3.05) is 6.61 Å². The van der Waals surface area contributed by atoms with Gasteiger partial charge in [-0.25, -0.2) is 4.79 Å². The van der Waals surface area contributed by atoms with Gasteiger partial charge in [-0.15, -0.1) is 0 Å². The molecule has 0 aliphatic carbocycles. The molecule has 6 heteroatoms. The van der Waals surface area contributed by atoms with Crippen molar-refractivity contribution in [1.29, 1.82) is 5.53 Å². The lowest BCUT2D eigenvalue weighted by atomic mass is 10.3. The van der Waals surface area contributed by atoms with Gasteiger partial charge in [0.15, 0.2) is 0 Å². The van der Waals surface area contributed by atoms with E-state index in [0.717, 1.165) is 0 Å². The Labute approximate surface area is 68.2 Å². The first-order chi connectivity index (χ1) is 5.79. The summed E-state index contributed by atoms with van der Waals surface area (Å²) in [4.78, 5) is 21.2. The Morgan fingerprint density at radius 1 is 1.83 bits per heavy atom. The normalized spacial score (nSPS) is 14.1. The van der Waals surface area contributed by atoms with Crippen LogP contribution < -0.4 is 0 Å². The Hall–Kier alpha value is -1.81. The predicted octanol–water partition coefficient (Wildman–Crippen LogP) is -0.330. The molecule has 62 valence electrons. The van der Waals surface area contributed by atoms with E-state index in [-0.39, 0.29) is 18.2 Å². The van der Waals surface area contributed by atoms with Crippen LogP contribution in [0.3, 0.4) is 0 Å². The fourth-order valence-corrected chi connectivity index (χ4v) is 0.685. The maximum Gasteiger partial charge on any atom is 0.480 e. The molecule has 0 radical (unpaired) electrons. The van der Waals surface area contributed by atoms with Crippen LogP contribution in [-0.2, 0) is 9.53 Å². The SMILES string of the molecule is CCOC(=O)C1=NC=NC1=[N+]=N. The van der Waals surface area contributed by atoms with E-state index in [4.69, 9.17) is 5.53 Å².